The van der Waals surface area contributed by atoms with Gasteiger partial charge in [-0.1, -0.05) is 13.8 Å². The highest BCUT2D eigenvalue weighted by molar-refractivity contribution is 8.00. The van der Waals surface area contributed by atoms with Crippen molar-refractivity contribution in [3.8, 4) is 0 Å². The second kappa shape index (κ2) is 6.58. The minimum Gasteiger partial charge on any atom is -0.368 e. The fraction of sp³-hybridized carbons (Fsp3) is 0.583. The maximum absolute atomic E-state index is 10.7. The summed E-state index contributed by atoms with van der Waals surface area (Å²) in [6.07, 6.45) is 5.65. The van der Waals surface area contributed by atoms with Gasteiger partial charge in [-0.15, -0.1) is 0 Å². The Morgan fingerprint density at radius 1 is 1.50 bits per heavy atom. The molecule has 100 valence electrons. The number of rotatable bonds is 7. The molecule has 0 spiro atoms. The predicted octanol–water partition coefficient (Wildman–Crippen LogP) is 3.32. The number of thioether (sulfide) groups is 1. The molecule has 6 heteroatoms. The van der Waals surface area contributed by atoms with Crippen molar-refractivity contribution in [2.75, 3.05) is 18.1 Å². The average molecular weight is 269 g/mol. The van der Waals surface area contributed by atoms with Gasteiger partial charge in [-0.3, -0.25) is 10.1 Å². The van der Waals surface area contributed by atoms with Crippen molar-refractivity contribution in [3.05, 3.63) is 28.4 Å². The molecule has 1 rings (SSSR count). The van der Waals surface area contributed by atoms with E-state index in [4.69, 9.17) is 0 Å². The van der Waals surface area contributed by atoms with E-state index < -0.39 is 4.92 Å². The van der Waals surface area contributed by atoms with Crippen molar-refractivity contribution < 1.29 is 4.92 Å². The highest BCUT2D eigenvalue weighted by Gasteiger charge is 2.24. The first-order valence-corrected chi connectivity index (χ1v) is 7.19. The van der Waals surface area contributed by atoms with Crippen LogP contribution in [0.25, 0.3) is 0 Å². The van der Waals surface area contributed by atoms with Crippen molar-refractivity contribution in [1.82, 2.24) is 4.98 Å². The Hall–Kier alpha value is -1.30. The first kappa shape index (κ1) is 14.8. The third kappa shape index (κ3) is 3.60. The molecule has 0 fully saturated rings. The summed E-state index contributed by atoms with van der Waals surface area (Å²) in [5, 5.41) is 13.9. The number of pyridine rings is 1. The van der Waals surface area contributed by atoms with Crippen LogP contribution in [0.4, 0.5) is 11.5 Å². The van der Waals surface area contributed by atoms with Crippen molar-refractivity contribution in [1.29, 1.82) is 0 Å². The molecule has 1 heterocycles. The molecule has 0 radical (unpaired) electrons. The summed E-state index contributed by atoms with van der Waals surface area (Å²) in [6, 6.07) is 2.86. The Morgan fingerprint density at radius 2 is 2.17 bits per heavy atom. The number of hydrogen-bond acceptors (Lipinski definition) is 5. The lowest BCUT2D eigenvalue weighted by atomic mass is 10.0. The largest absolute Gasteiger partial charge is 0.368 e. The van der Waals surface area contributed by atoms with Crippen LogP contribution in [0, 0.1) is 10.1 Å². The number of nitro groups is 1. The smallest absolute Gasteiger partial charge is 0.274 e. The third-order valence-electron chi connectivity index (χ3n) is 3.27. The Balaban J connectivity index is 2.73. The molecule has 1 aromatic heterocycles. The summed E-state index contributed by atoms with van der Waals surface area (Å²) >= 11 is 1.82. The van der Waals surface area contributed by atoms with Gasteiger partial charge in [0.25, 0.3) is 5.69 Å². The van der Waals surface area contributed by atoms with Crippen LogP contribution in [0.5, 0.6) is 0 Å². The van der Waals surface area contributed by atoms with E-state index in [1.165, 1.54) is 18.3 Å². The molecule has 1 N–H and O–H groups in total. The zero-order valence-corrected chi connectivity index (χ0v) is 11.8. The van der Waals surface area contributed by atoms with E-state index in [0.717, 1.165) is 19.4 Å². The molecule has 0 saturated heterocycles. The van der Waals surface area contributed by atoms with E-state index in [9.17, 15) is 10.1 Å². The SMILES string of the molecule is CCC(CC)(CNc1cc([N+](=O)[O-])ccn1)SC. The average Bonchev–Trinajstić information content (AvgIpc) is 2.41. The molecule has 18 heavy (non-hydrogen) atoms. The number of anilines is 1. The van der Waals surface area contributed by atoms with E-state index in [2.05, 4.69) is 30.4 Å². The van der Waals surface area contributed by atoms with Gasteiger partial charge in [-0.05, 0) is 19.1 Å². The number of hydrogen-bond donors (Lipinski definition) is 1. The zero-order valence-electron chi connectivity index (χ0n) is 11.0. The number of nitrogens with one attached hydrogen (secondary N) is 1. The molecule has 0 unspecified atom stereocenters. The summed E-state index contributed by atoms with van der Waals surface area (Å²) in [7, 11) is 0. The first-order chi connectivity index (χ1) is 8.56. The highest BCUT2D eigenvalue weighted by atomic mass is 32.2. The molecule has 0 aliphatic heterocycles. The maximum atomic E-state index is 10.7. The molecule has 0 atom stereocenters. The normalized spacial score (nSPS) is 11.3. The van der Waals surface area contributed by atoms with Gasteiger partial charge in [0.2, 0.25) is 0 Å². The van der Waals surface area contributed by atoms with E-state index in [0.29, 0.717) is 5.82 Å². The van der Waals surface area contributed by atoms with Gasteiger partial charge in [0.1, 0.15) is 5.82 Å². The summed E-state index contributed by atoms with van der Waals surface area (Å²) in [5.74, 6) is 0.560. The molecule has 0 amide bonds. The minimum atomic E-state index is -0.408. The first-order valence-electron chi connectivity index (χ1n) is 5.96. The molecular formula is C12H19N3O2S. The molecule has 0 saturated carbocycles. The van der Waals surface area contributed by atoms with Gasteiger partial charge in [0, 0.05) is 23.6 Å². The molecular weight excluding hydrogens is 250 g/mol. The van der Waals surface area contributed by atoms with Crippen LogP contribution in [0.2, 0.25) is 0 Å². The van der Waals surface area contributed by atoms with Crippen molar-refractivity contribution in [3.63, 3.8) is 0 Å². The van der Waals surface area contributed by atoms with Gasteiger partial charge in [0.15, 0.2) is 0 Å². The van der Waals surface area contributed by atoms with Crippen LogP contribution >= 0.6 is 11.8 Å². The molecule has 0 aliphatic rings. The Labute approximate surface area is 112 Å². The number of aromatic nitrogens is 1. The molecule has 1 aromatic rings. The lowest BCUT2D eigenvalue weighted by Gasteiger charge is -2.29. The Bertz CT molecular complexity index is 400. The van der Waals surface area contributed by atoms with Crippen LogP contribution in [0.15, 0.2) is 18.3 Å². The van der Waals surface area contributed by atoms with Gasteiger partial charge < -0.3 is 5.32 Å². The van der Waals surface area contributed by atoms with Crippen molar-refractivity contribution in [2.24, 2.45) is 0 Å². The van der Waals surface area contributed by atoms with E-state index >= 15 is 0 Å². The monoisotopic (exact) mass is 269 g/mol. The zero-order chi connectivity index (χ0) is 13.6. The summed E-state index contributed by atoms with van der Waals surface area (Å²) in [4.78, 5) is 14.4. The van der Waals surface area contributed by atoms with Crippen molar-refractivity contribution >= 4 is 23.3 Å². The van der Waals surface area contributed by atoms with Crippen LogP contribution in [0.1, 0.15) is 26.7 Å². The second-order valence-electron chi connectivity index (χ2n) is 4.10. The van der Waals surface area contributed by atoms with Gasteiger partial charge in [-0.2, -0.15) is 11.8 Å². The quantitative estimate of drug-likeness (QED) is 0.607. The third-order valence-corrected chi connectivity index (χ3v) is 4.86. The molecule has 5 nitrogen and oxygen atoms in total. The van der Waals surface area contributed by atoms with Gasteiger partial charge in [0.05, 0.1) is 11.0 Å². The number of nitrogens with zero attached hydrogens (tertiary/aromatic N) is 2. The fourth-order valence-corrected chi connectivity index (χ4v) is 2.54. The summed E-state index contributed by atoms with van der Waals surface area (Å²) in [6.45, 7) is 5.07. The van der Waals surface area contributed by atoms with Crippen LogP contribution in [0.3, 0.4) is 0 Å². The molecule has 0 aliphatic carbocycles. The Kier molecular flexibility index (Phi) is 5.40. The predicted molar refractivity (Wildman–Crippen MR) is 76.2 cm³/mol. The minimum absolute atomic E-state index is 0.0650. The lowest BCUT2D eigenvalue weighted by Crippen LogP contribution is -2.32. The lowest BCUT2D eigenvalue weighted by molar-refractivity contribution is -0.384. The topological polar surface area (TPSA) is 68.1 Å². The van der Waals surface area contributed by atoms with Crippen LogP contribution in [-0.2, 0) is 0 Å². The van der Waals surface area contributed by atoms with E-state index in [-0.39, 0.29) is 10.4 Å². The Morgan fingerprint density at radius 3 is 2.67 bits per heavy atom. The van der Waals surface area contributed by atoms with Gasteiger partial charge in [-0.25, -0.2) is 4.98 Å². The van der Waals surface area contributed by atoms with Gasteiger partial charge >= 0.3 is 0 Å². The van der Waals surface area contributed by atoms with E-state index in [1.54, 1.807) is 0 Å². The summed E-state index contributed by atoms with van der Waals surface area (Å²) < 4.78 is 0.159. The standard InChI is InChI=1S/C12H19N3O2S/c1-4-12(5-2,18-3)9-14-11-8-10(15(16)17)6-7-13-11/h6-8H,4-5,9H2,1-3H3,(H,13,14). The molecule has 0 bridgehead atoms. The van der Waals surface area contributed by atoms with Crippen molar-refractivity contribution in [2.45, 2.75) is 31.4 Å². The van der Waals surface area contributed by atoms with Crippen LogP contribution in [-0.4, -0.2) is 27.5 Å². The summed E-state index contributed by atoms with van der Waals surface area (Å²) in [5.41, 5.74) is 0.0650. The maximum Gasteiger partial charge on any atom is 0.274 e. The highest BCUT2D eigenvalue weighted by Crippen LogP contribution is 2.30. The molecule has 0 aromatic carbocycles. The fourth-order valence-electron chi connectivity index (χ4n) is 1.74. The second-order valence-corrected chi connectivity index (χ2v) is 5.38. The van der Waals surface area contributed by atoms with Crippen LogP contribution < -0.4 is 5.32 Å². The van der Waals surface area contributed by atoms with E-state index in [1.807, 2.05) is 11.8 Å².